The topological polar surface area (TPSA) is 91.9 Å². The van der Waals surface area contributed by atoms with Crippen molar-refractivity contribution >= 4 is 45.7 Å². The van der Waals surface area contributed by atoms with Gasteiger partial charge in [0.25, 0.3) is 5.91 Å². The molecule has 1 amide bonds. The van der Waals surface area contributed by atoms with E-state index in [9.17, 15) is 14.8 Å². The first-order valence-corrected chi connectivity index (χ1v) is 9.19. The Balaban J connectivity index is 1.69. The highest BCUT2D eigenvalue weighted by molar-refractivity contribution is 8.00. The van der Waals surface area contributed by atoms with Crippen molar-refractivity contribution in [1.82, 2.24) is 4.73 Å². The highest BCUT2D eigenvalue weighted by atomic mass is 32.2. The molecule has 8 heteroatoms. The van der Waals surface area contributed by atoms with Gasteiger partial charge in [0.1, 0.15) is 0 Å². The quantitative estimate of drug-likeness (QED) is 0.529. The Morgan fingerprint density at radius 2 is 1.92 bits per heavy atom. The highest BCUT2D eigenvalue weighted by Gasteiger charge is 2.10. The smallest absolute Gasteiger partial charge is 0.309 e. The second-order valence-corrected chi connectivity index (χ2v) is 7.08. The number of benzene rings is 2. The van der Waals surface area contributed by atoms with E-state index in [-0.39, 0.29) is 22.7 Å². The van der Waals surface area contributed by atoms with Crippen LogP contribution in [0.5, 0.6) is 0 Å². The fraction of sp³-hybridized carbons (Fsp3) is 0.118. The van der Waals surface area contributed by atoms with Crippen LogP contribution in [0.15, 0.2) is 57.7 Å². The molecule has 0 fully saturated rings. The predicted molar refractivity (Wildman–Crippen MR) is 96.1 cm³/mol. The van der Waals surface area contributed by atoms with Crippen LogP contribution in [0.1, 0.15) is 5.69 Å². The van der Waals surface area contributed by atoms with Gasteiger partial charge in [-0.2, -0.15) is 9.72 Å². The van der Waals surface area contributed by atoms with E-state index in [1.54, 1.807) is 0 Å². The third-order valence-electron chi connectivity index (χ3n) is 3.39. The van der Waals surface area contributed by atoms with Crippen molar-refractivity contribution in [3.63, 3.8) is 0 Å². The zero-order chi connectivity index (χ0) is 17.8. The van der Waals surface area contributed by atoms with Gasteiger partial charge < -0.3 is 10.3 Å². The molecule has 2 aromatic carbocycles. The van der Waals surface area contributed by atoms with Crippen molar-refractivity contribution in [2.24, 2.45) is 4.99 Å². The fourth-order valence-corrected chi connectivity index (χ4v) is 3.76. The fourth-order valence-electron chi connectivity index (χ4n) is 2.23. The van der Waals surface area contributed by atoms with E-state index in [1.165, 1.54) is 17.1 Å². The molecule has 0 spiro atoms. The standard InChI is InChI=1S/C17H14N2O4S2/c20-15(18-17-19(23)13(9-25-17)8-16(21)22)10-24-14-6-5-11-3-1-2-4-12(11)7-14/h1-7,9,23H,8,10H2,(H,21,22). The average Bonchev–Trinajstić information content (AvgIpc) is 2.92. The van der Waals surface area contributed by atoms with Crippen LogP contribution < -0.4 is 4.80 Å². The van der Waals surface area contributed by atoms with E-state index >= 15 is 0 Å². The second-order valence-electron chi connectivity index (χ2n) is 5.20. The molecule has 0 radical (unpaired) electrons. The van der Waals surface area contributed by atoms with Crippen molar-refractivity contribution in [1.29, 1.82) is 0 Å². The molecule has 0 atom stereocenters. The number of fused-ring (bicyclic) bond motifs is 1. The molecular formula is C17H14N2O4S2. The Kier molecular flexibility index (Phi) is 5.20. The van der Waals surface area contributed by atoms with Gasteiger partial charge in [-0.15, -0.1) is 23.1 Å². The van der Waals surface area contributed by atoms with Crippen LogP contribution in [-0.2, 0) is 16.0 Å². The number of hydrogen-bond acceptors (Lipinski definition) is 5. The van der Waals surface area contributed by atoms with E-state index in [2.05, 4.69) is 4.99 Å². The zero-order valence-corrected chi connectivity index (χ0v) is 14.6. The number of carbonyl (C=O) groups is 2. The molecule has 3 aromatic rings. The first-order chi connectivity index (χ1) is 12.0. The van der Waals surface area contributed by atoms with E-state index < -0.39 is 11.9 Å². The molecule has 0 bridgehead atoms. The maximum atomic E-state index is 12.0. The largest absolute Gasteiger partial charge is 0.481 e. The van der Waals surface area contributed by atoms with Crippen LogP contribution in [0.2, 0.25) is 0 Å². The van der Waals surface area contributed by atoms with E-state index in [0.717, 1.165) is 27.0 Å². The van der Waals surface area contributed by atoms with Crippen LogP contribution >= 0.6 is 23.1 Å². The number of hydrogen-bond donors (Lipinski definition) is 2. The molecule has 128 valence electrons. The maximum Gasteiger partial charge on any atom is 0.309 e. The predicted octanol–water partition coefficient (Wildman–Crippen LogP) is 2.79. The molecule has 6 nitrogen and oxygen atoms in total. The van der Waals surface area contributed by atoms with Crippen molar-refractivity contribution in [3.05, 3.63) is 58.3 Å². The van der Waals surface area contributed by atoms with Gasteiger partial charge in [0, 0.05) is 10.3 Å². The summed E-state index contributed by atoms with van der Waals surface area (Å²) in [6.07, 6.45) is -0.331. The highest BCUT2D eigenvalue weighted by Crippen LogP contribution is 2.23. The Bertz CT molecular complexity index is 1010. The van der Waals surface area contributed by atoms with Crippen molar-refractivity contribution in [2.45, 2.75) is 11.3 Å². The van der Waals surface area contributed by atoms with E-state index in [1.807, 2.05) is 42.5 Å². The first kappa shape index (κ1) is 17.2. The van der Waals surface area contributed by atoms with Crippen molar-refractivity contribution < 1.29 is 19.9 Å². The van der Waals surface area contributed by atoms with Gasteiger partial charge in [-0.3, -0.25) is 9.59 Å². The second kappa shape index (κ2) is 7.54. The summed E-state index contributed by atoms with van der Waals surface area (Å²) in [4.78, 5) is 27.6. The average molecular weight is 374 g/mol. The molecule has 3 rings (SSSR count). The van der Waals surface area contributed by atoms with Crippen LogP contribution in [-0.4, -0.2) is 32.7 Å². The summed E-state index contributed by atoms with van der Waals surface area (Å²) in [5.74, 6) is -1.33. The zero-order valence-electron chi connectivity index (χ0n) is 13.0. The number of amides is 1. The molecule has 2 N–H and O–H groups in total. The Hall–Kier alpha value is -2.58. The van der Waals surface area contributed by atoms with Crippen molar-refractivity contribution in [2.75, 3.05) is 5.75 Å². The summed E-state index contributed by atoms with van der Waals surface area (Å²) in [6, 6.07) is 13.9. The van der Waals surface area contributed by atoms with Crippen LogP contribution in [0.4, 0.5) is 0 Å². The lowest BCUT2D eigenvalue weighted by Gasteiger charge is -2.02. The van der Waals surface area contributed by atoms with Crippen LogP contribution in [0.3, 0.4) is 0 Å². The summed E-state index contributed by atoms with van der Waals surface area (Å²) in [5.41, 5.74) is 0.186. The number of carbonyl (C=O) groups excluding carboxylic acids is 1. The van der Waals surface area contributed by atoms with Gasteiger partial charge in [0.15, 0.2) is 0 Å². The van der Waals surface area contributed by atoms with Crippen LogP contribution in [0.25, 0.3) is 10.8 Å². The molecule has 1 aromatic heterocycles. The SMILES string of the molecule is O=C(O)Cc1csc(=NC(=O)CSc2ccc3ccccc3c2)n1O. The molecule has 0 saturated heterocycles. The summed E-state index contributed by atoms with van der Waals surface area (Å²) in [7, 11) is 0. The minimum absolute atomic E-state index is 0.0698. The first-order valence-electron chi connectivity index (χ1n) is 7.32. The van der Waals surface area contributed by atoms with Gasteiger partial charge in [-0.25, -0.2) is 0 Å². The molecule has 0 saturated carbocycles. The molecule has 0 aliphatic carbocycles. The van der Waals surface area contributed by atoms with Crippen LogP contribution in [0, 0.1) is 0 Å². The molecule has 1 heterocycles. The third kappa shape index (κ3) is 4.28. The monoisotopic (exact) mass is 374 g/mol. The minimum Gasteiger partial charge on any atom is -0.481 e. The lowest BCUT2D eigenvalue weighted by molar-refractivity contribution is -0.136. The number of carboxylic acid groups (broad SMARTS) is 1. The summed E-state index contributed by atoms with van der Waals surface area (Å²) >= 11 is 2.39. The number of aliphatic carboxylic acids is 1. The molecule has 0 unspecified atom stereocenters. The Morgan fingerprint density at radius 3 is 2.68 bits per heavy atom. The Labute approximate surface area is 151 Å². The van der Waals surface area contributed by atoms with Gasteiger partial charge in [0.05, 0.1) is 17.9 Å². The lowest BCUT2D eigenvalue weighted by atomic mass is 10.1. The number of thioether (sulfide) groups is 1. The van der Waals surface area contributed by atoms with Gasteiger partial charge >= 0.3 is 5.97 Å². The molecular weight excluding hydrogens is 360 g/mol. The number of aromatic nitrogens is 1. The summed E-state index contributed by atoms with van der Waals surface area (Å²) in [6.45, 7) is 0. The molecule has 0 aliphatic rings. The van der Waals surface area contributed by atoms with E-state index in [0.29, 0.717) is 4.73 Å². The molecule has 0 aliphatic heterocycles. The minimum atomic E-state index is -1.06. The maximum absolute atomic E-state index is 12.0. The van der Waals surface area contributed by atoms with Gasteiger partial charge in [-0.1, -0.05) is 30.3 Å². The summed E-state index contributed by atoms with van der Waals surface area (Å²) in [5, 5.41) is 22.3. The van der Waals surface area contributed by atoms with E-state index in [4.69, 9.17) is 5.11 Å². The number of nitrogens with zero attached hydrogens (tertiary/aromatic N) is 2. The number of carboxylic acids is 1. The van der Waals surface area contributed by atoms with Gasteiger partial charge in [-0.05, 0) is 22.9 Å². The normalized spacial score (nSPS) is 11.8. The third-order valence-corrected chi connectivity index (χ3v) is 5.23. The number of thiazole rings is 1. The van der Waals surface area contributed by atoms with Gasteiger partial charge in [0.2, 0.25) is 4.80 Å². The lowest BCUT2D eigenvalue weighted by Crippen LogP contribution is -2.18. The number of rotatable bonds is 5. The summed E-state index contributed by atoms with van der Waals surface area (Å²) < 4.78 is 0.650. The van der Waals surface area contributed by atoms with Crippen molar-refractivity contribution in [3.8, 4) is 0 Å². The molecule has 25 heavy (non-hydrogen) atoms. The Morgan fingerprint density at radius 1 is 1.16 bits per heavy atom.